The highest BCUT2D eigenvalue weighted by atomic mass is 16.6. The first-order valence-corrected chi connectivity index (χ1v) is 6.85. The number of hydrogen-bond donors (Lipinski definition) is 1. The number of hydrogen-bond acceptors (Lipinski definition) is 5. The summed E-state index contributed by atoms with van der Waals surface area (Å²) in [6, 6.07) is 12.5. The molecule has 0 heterocycles. The minimum Gasteiger partial charge on any atom is -0.497 e. The van der Waals surface area contributed by atoms with E-state index in [4.69, 9.17) is 9.47 Å². The topological polar surface area (TPSA) is 90.7 Å². The number of carbonyl (C=O) groups is 1. The number of nitrogens with zero attached hydrogens (tertiary/aromatic N) is 1. The molecule has 0 radical (unpaired) electrons. The number of amides is 1. The van der Waals surface area contributed by atoms with Crippen molar-refractivity contribution in [3.63, 3.8) is 0 Å². The fourth-order valence-electron chi connectivity index (χ4n) is 1.85. The van der Waals surface area contributed by atoms with Crippen molar-refractivity contribution in [1.29, 1.82) is 0 Å². The Balaban J connectivity index is 1.97. The zero-order valence-electron chi connectivity index (χ0n) is 12.7. The van der Waals surface area contributed by atoms with E-state index in [1.807, 2.05) is 0 Å². The molecule has 0 spiro atoms. The fourth-order valence-corrected chi connectivity index (χ4v) is 1.85. The Hall–Kier alpha value is -3.09. The van der Waals surface area contributed by atoms with Crippen molar-refractivity contribution in [2.75, 3.05) is 12.4 Å². The molecule has 0 aliphatic carbocycles. The molecule has 1 atom stereocenters. The summed E-state index contributed by atoms with van der Waals surface area (Å²) >= 11 is 0. The summed E-state index contributed by atoms with van der Waals surface area (Å²) in [4.78, 5) is 22.2. The van der Waals surface area contributed by atoms with Gasteiger partial charge < -0.3 is 14.8 Å². The first kappa shape index (κ1) is 16.3. The largest absolute Gasteiger partial charge is 0.497 e. The molecule has 0 aliphatic rings. The van der Waals surface area contributed by atoms with Crippen LogP contribution in [0.2, 0.25) is 0 Å². The Labute approximate surface area is 133 Å². The van der Waals surface area contributed by atoms with Gasteiger partial charge in [0.05, 0.1) is 12.0 Å². The van der Waals surface area contributed by atoms with E-state index in [1.165, 1.54) is 24.3 Å². The number of ether oxygens (including phenoxy) is 2. The minimum atomic E-state index is -0.761. The first-order chi connectivity index (χ1) is 11.0. The first-order valence-electron chi connectivity index (χ1n) is 6.85. The highest BCUT2D eigenvalue weighted by Gasteiger charge is 2.15. The lowest BCUT2D eigenvalue weighted by Gasteiger charge is -2.15. The van der Waals surface area contributed by atoms with Gasteiger partial charge in [-0.2, -0.15) is 0 Å². The number of nitrogens with one attached hydrogen (secondary N) is 1. The van der Waals surface area contributed by atoms with Crippen LogP contribution in [0.15, 0.2) is 48.5 Å². The highest BCUT2D eigenvalue weighted by molar-refractivity contribution is 5.94. The van der Waals surface area contributed by atoms with Crippen LogP contribution in [0.25, 0.3) is 0 Å². The molecule has 7 nitrogen and oxygen atoms in total. The van der Waals surface area contributed by atoms with Gasteiger partial charge in [-0.1, -0.05) is 6.07 Å². The molecule has 1 N–H and O–H groups in total. The third-order valence-electron chi connectivity index (χ3n) is 3.07. The van der Waals surface area contributed by atoms with E-state index in [2.05, 4.69) is 5.32 Å². The van der Waals surface area contributed by atoms with Gasteiger partial charge in [0.1, 0.15) is 11.5 Å². The standard InChI is InChI=1S/C16H16N2O5/c1-11(23-14-8-6-13(7-9-14)18(20)21)16(19)17-12-4-3-5-15(10-12)22-2/h3-11H,1-2H3,(H,17,19). The highest BCUT2D eigenvalue weighted by Crippen LogP contribution is 2.20. The molecular formula is C16H16N2O5. The lowest BCUT2D eigenvalue weighted by Crippen LogP contribution is -2.30. The van der Waals surface area contributed by atoms with Crippen LogP contribution in [0.3, 0.4) is 0 Å². The predicted molar refractivity (Wildman–Crippen MR) is 84.8 cm³/mol. The van der Waals surface area contributed by atoms with Crippen LogP contribution in [0.5, 0.6) is 11.5 Å². The van der Waals surface area contributed by atoms with E-state index in [1.54, 1.807) is 38.3 Å². The minimum absolute atomic E-state index is 0.0363. The average Bonchev–Trinajstić information content (AvgIpc) is 2.55. The summed E-state index contributed by atoms with van der Waals surface area (Å²) in [6.45, 7) is 1.59. The second-order valence-electron chi connectivity index (χ2n) is 4.73. The van der Waals surface area contributed by atoms with E-state index in [0.717, 1.165) is 0 Å². The van der Waals surface area contributed by atoms with E-state index >= 15 is 0 Å². The van der Waals surface area contributed by atoms with Crippen molar-refractivity contribution < 1.29 is 19.2 Å². The monoisotopic (exact) mass is 316 g/mol. The number of anilines is 1. The van der Waals surface area contributed by atoms with Crippen LogP contribution in [0, 0.1) is 10.1 Å². The molecule has 2 rings (SSSR count). The normalized spacial score (nSPS) is 11.4. The number of carbonyl (C=O) groups excluding carboxylic acids is 1. The summed E-state index contributed by atoms with van der Waals surface area (Å²) in [5.41, 5.74) is 0.555. The number of methoxy groups -OCH3 is 1. The summed E-state index contributed by atoms with van der Waals surface area (Å²) in [7, 11) is 1.54. The molecule has 23 heavy (non-hydrogen) atoms. The van der Waals surface area contributed by atoms with Crippen LogP contribution in [0.4, 0.5) is 11.4 Å². The van der Waals surface area contributed by atoms with Crippen LogP contribution < -0.4 is 14.8 Å². The van der Waals surface area contributed by atoms with Crippen molar-refractivity contribution in [2.45, 2.75) is 13.0 Å². The second-order valence-corrected chi connectivity index (χ2v) is 4.73. The van der Waals surface area contributed by atoms with Crippen molar-refractivity contribution in [2.24, 2.45) is 0 Å². The van der Waals surface area contributed by atoms with Crippen LogP contribution >= 0.6 is 0 Å². The molecule has 7 heteroatoms. The molecular weight excluding hydrogens is 300 g/mol. The Morgan fingerprint density at radius 1 is 1.17 bits per heavy atom. The van der Waals surface area contributed by atoms with Gasteiger partial charge in [0, 0.05) is 23.9 Å². The predicted octanol–water partition coefficient (Wildman–Crippen LogP) is 3.01. The molecule has 1 amide bonds. The molecule has 0 aliphatic heterocycles. The number of nitro benzene ring substituents is 1. The molecule has 0 bridgehead atoms. The Morgan fingerprint density at radius 3 is 2.48 bits per heavy atom. The van der Waals surface area contributed by atoms with Crippen LogP contribution in [-0.4, -0.2) is 24.0 Å². The summed E-state index contributed by atoms with van der Waals surface area (Å²) in [5, 5.41) is 13.3. The number of nitro groups is 1. The quantitative estimate of drug-likeness (QED) is 0.653. The Kier molecular flexibility index (Phi) is 5.14. The maximum absolute atomic E-state index is 12.1. The third kappa shape index (κ3) is 4.44. The van der Waals surface area contributed by atoms with Gasteiger partial charge in [-0.3, -0.25) is 14.9 Å². The summed E-state index contributed by atoms with van der Waals surface area (Å²) in [6.07, 6.45) is -0.761. The van der Waals surface area contributed by atoms with Gasteiger partial charge in [0.25, 0.3) is 11.6 Å². The fraction of sp³-hybridized carbons (Fsp3) is 0.188. The Bertz CT molecular complexity index is 700. The van der Waals surface area contributed by atoms with Crippen LogP contribution in [-0.2, 0) is 4.79 Å². The van der Waals surface area contributed by atoms with Crippen LogP contribution in [0.1, 0.15) is 6.92 Å². The molecule has 120 valence electrons. The lowest BCUT2D eigenvalue weighted by molar-refractivity contribution is -0.384. The van der Waals surface area contributed by atoms with Gasteiger partial charge in [0.15, 0.2) is 6.10 Å². The van der Waals surface area contributed by atoms with Crippen molar-refractivity contribution >= 4 is 17.3 Å². The van der Waals surface area contributed by atoms with Gasteiger partial charge in [-0.05, 0) is 31.2 Å². The summed E-state index contributed by atoms with van der Waals surface area (Å²) < 4.78 is 10.6. The summed E-state index contributed by atoms with van der Waals surface area (Å²) in [5.74, 6) is 0.673. The number of benzene rings is 2. The maximum atomic E-state index is 12.1. The van der Waals surface area contributed by atoms with Crippen molar-refractivity contribution in [3.05, 3.63) is 58.6 Å². The van der Waals surface area contributed by atoms with Gasteiger partial charge in [0.2, 0.25) is 0 Å². The van der Waals surface area contributed by atoms with E-state index in [9.17, 15) is 14.9 Å². The molecule has 2 aromatic rings. The molecule has 0 saturated heterocycles. The van der Waals surface area contributed by atoms with E-state index in [0.29, 0.717) is 17.2 Å². The lowest BCUT2D eigenvalue weighted by atomic mass is 10.2. The maximum Gasteiger partial charge on any atom is 0.269 e. The van der Waals surface area contributed by atoms with Crippen molar-refractivity contribution in [3.8, 4) is 11.5 Å². The zero-order valence-corrected chi connectivity index (χ0v) is 12.7. The van der Waals surface area contributed by atoms with Gasteiger partial charge in [-0.15, -0.1) is 0 Å². The molecule has 1 unspecified atom stereocenters. The zero-order chi connectivity index (χ0) is 16.8. The second kappa shape index (κ2) is 7.26. The SMILES string of the molecule is COc1cccc(NC(=O)C(C)Oc2ccc([N+](=O)[O-])cc2)c1. The van der Waals surface area contributed by atoms with Gasteiger partial charge in [-0.25, -0.2) is 0 Å². The molecule has 0 aromatic heterocycles. The number of rotatable bonds is 6. The Morgan fingerprint density at radius 2 is 1.87 bits per heavy atom. The van der Waals surface area contributed by atoms with Gasteiger partial charge >= 0.3 is 0 Å². The van der Waals surface area contributed by atoms with E-state index < -0.39 is 11.0 Å². The molecule has 0 fully saturated rings. The van der Waals surface area contributed by atoms with Crippen molar-refractivity contribution in [1.82, 2.24) is 0 Å². The smallest absolute Gasteiger partial charge is 0.269 e. The molecule has 2 aromatic carbocycles. The average molecular weight is 316 g/mol. The number of non-ortho nitro benzene ring substituents is 1. The van der Waals surface area contributed by atoms with E-state index in [-0.39, 0.29) is 11.6 Å². The third-order valence-corrected chi connectivity index (χ3v) is 3.07. The molecule has 0 saturated carbocycles.